The maximum Gasteiger partial charge on any atom is 0.223 e. The highest BCUT2D eigenvalue weighted by molar-refractivity contribution is 6.33. The third-order valence-corrected chi connectivity index (χ3v) is 6.24. The smallest absolute Gasteiger partial charge is 0.223 e. The molecule has 0 saturated carbocycles. The Morgan fingerprint density at radius 1 is 1.03 bits per heavy atom. The molecule has 35 heavy (non-hydrogen) atoms. The summed E-state index contributed by atoms with van der Waals surface area (Å²) < 4.78 is 0. The number of piperidine rings is 1. The maximum absolute atomic E-state index is 12.1. The summed E-state index contributed by atoms with van der Waals surface area (Å²) >= 11 is 6.56. The molecule has 1 amide bonds. The molecule has 0 radical (unpaired) electrons. The Hall–Kier alpha value is -4.08. The normalized spacial score (nSPS) is 13.4. The number of fused-ring (bicyclic) bond motifs is 1. The standard InChI is InChI=1S/C28H23ClN4O2/c29-24-18-22(34)12-14-26(24)33(21-8-2-1-3-9-21)28-23-17-20(11-13-25(23)30-19-31-28)7-6-16-32-15-5-4-10-27(32)35/h1-3,8-9,11-14,17-19,34H,4-5,10,15-16H2. The van der Waals surface area contributed by atoms with E-state index in [9.17, 15) is 9.90 Å². The fourth-order valence-electron chi connectivity index (χ4n) is 4.19. The van der Waals surface area contributed by atoms with Gasteiger partial charge in [-0.15, -0.1) is 0 Å². The van der Waals surface area contributed by atoms with E-state index in [4.69, 9.17) is 11.6 Å². The number of aromatic nitrogens is 2. The number of para-hydroxylation sites is 1. The Balaban J connectivity index is 1.57. The summed E-state index contributed by atoms with van der Waals surface area (Å²) in [7, 11) is 0. The largest absolute Gasteiger partial charge is 0.508 e. The highest BCUT2D eigenvalue weighted by Crippen LogP contribution is 2.41. The molecule has 4 aromatic rings. The Labute approximate surface area is 208 Å². The summed E-state index contributed by atoms with van der Waals surface area (Å²) in [6.07, 6.45) is 4.11. The summed E-state index contributed by atoms with van der Waals surface area (Å²) in [6, 6.07) is 20.4. The molecular weight excluding hydrogens is 460 g/mol. The van der Waals surface area contributed by atoms with Gasteiger partial charge < -0.3 is 10.0 Å². The number of anilines is 3. The van der Waals surface area contributed by atoms with E-state index in [-0.39, 0.29) is 11.7 Å². The van der Waals surface area contributed by atoms with Gasteiger partial charge in [-0.3, -0.25) is 9.69 Å². The molecule has 0 atom stereocenters. The Morgan fingerprint density at radius 2 is 1.89 bits per heavy atom. The lowest BCUT2D eigenvalue weighted by Gasteiger charge is -2.26. The van der Waals surface area contributed by atoms with Gasteiger partial charge in [-0.1, -0.05) is 41.6 Å². The lowest BCUT2D eigenvalue weighted by molar-refractivity contribution is -0.132. The van der Waals surface area contributed by atoms with Crippen LogP contribution in [0.3, 0.4) is 0 Å². The summed E-state index contributed by atoms with van der Waals surface area (Å²) in [6.45, 7) is 1.19. The van der Waals surface area contributed by atoms with Crippen LogP contribution in [-0.4, -0.2) is 39.0 Å². The number of phenolic OH excluding ortho intramolecular Hbond substituents is 1. The minimum absolute atomic E-state index is 0.0871. The number of hydrogen-bond donors (Lipinski definition) is 1. The van der Waals surface area contributed by atoms with Crippen LogP contribution in [0.1, 0.15) is 24.8 Å². The van der Waals surface area contributed by atoms with E-state index in [2.05, 4.69) is 21.8 Å². The fourth-order valence-corrected chi connectivity index (χ4v) is 4.45. The second-order valence-electron chi connectivity index (χ2n) is 8.31. The third-order valence-electron chi connectivity index (χ3n) is 5.94. The fraction of sp³-hybridized carbons (Fsp3) is 0.179. The van der Waals surface area contributed by atoms with Crippen molar-refractivity contribution in [2.75, 3.05) is 18.0 Å². The molecule has 2 heterocycles. The Morgan fingerprint density at radius 3 is 2.69 bits per heavy atom. The molecule has 1 N–H and O–H groups in total. The van der Waals surface area contributed by atoms with Crippen molar-refractivity contribution in [3.8, 4) is 17.6 Å². The molecule has 1 aliphatic heterocycles. The van der Waals surface area contributed by atoms with Gasteiger partial charge in [0.2, 0.25) is 5.91 Å². The average Bonchev–Trinajstić information content (AvgIpc) is 2.87. The van der Waals surface area contributed by atoms with E-state index < -0.39 is 0 Å². The third kappa shape index (κ3) is 4.91. The van der Waals surface area contributed by atoms with Gasteiger partial charge in [0, 0.05) is 35.7 Å². The maximum atomic E-state index is 12.1. The zero-order valence-corrected chi connectivity index (χ0v) is 19.7. The molecule has 1 saturated heterocycles. The van der Waals surface area contributed by atoms with E-state index in [1.807, 2.05) is 58.3 Å². The quantitative estimate of drug-likeness (QED) is 0.371. The lowest BCUT2D eigenvalue weighted by atomic mass is 10.1. The molecule has 1 fully saturated rings. The van der Waals surface area contributed by atoms with Gasteiger partial charge in [-0.05, 0) is 55.3 Å². The number of phenols is 1. The van der Waals surface area contributed by atoms with Crippen LogP contribution in [0.4, 0.5) is 17.2 Å². The van der Waals surface area contributed by atoms with Crippen molar-refractivity contribution in [1.82, 2.24) is 14.9 Å². The van der Waals surface area contributed by atoms with Crippen molar-refractivity contribution in [3.63, 3.8) is 0 Å². The molecule has 174 valence electrons. The number of likely N-dealkylation sites (tertiary alicyclic amines) is 1. The molecule has 6 nitrogen and oxygen atoms in total. The topological polar surface area (TPSA) is 69.6 Å². The van der Waals surface area contributed by atoms with Crippen LogP contribution in [0.5, 0.6) is 5.75 Å². The summed E-state index contributed by atoms with van der Waals surface area (Å²) in [5, 5.41) is 11.1. The number of benzene rings is 3. The van der Waals surface area contributed by atoms with E-state index in [0.717, 1.165) is 41.5 Å². The molecule has 1 aliphatic rings. The lowest BCUT2D eigenvalue weighted by Crippen LogP contribution is -2.35. The van der Waals surface area contributed by atoms with E-state index in [0.29, 0.717) is 29.5 Å². The van der Waals surface area contributed by atoms with Gasteiger partial charge in [0.25, 0.3) is 0 Å². The number of halogens is 1. The summed E-state index contributed by atoms with van der Waals surface area (Å²) in [5.41, 5.74) is 3.11. The van der Waals surface area contributed by atoms with Gasteiger partial charge in [0.15, 0.2) is 0 Å². The van der Waals surface area contributed by atoms with Crippen molar-refractivity contribution in [2.45, 2.75) is 19.3 Å². The molecule has 0 bridgehead atoms. The highest BCUT2D eigenvalue weighted by Gasteiger charge is 2.20. The molecular formula is C28H23ClN4O2. The number of nitrogens with zero attached hydrogens (tertiary/aromatic N) is 4. The van der Waals surface area contributed by atoms with Gasteiger partial charge in [0.05, 0.1) is 22.8 Å². The van der Waals surface area contributed by atoms with Crippen molar-refractivity contribution >= 4 is 45.6 Å². The van der Waals surface area contributed by atoms with Gasteiger partial charge >= 0.3 is 0 Å². The van der Waals surface area contributed by atoms with Crippen LogP contribution in [0.15, 0.2) is 73.1 Å². The van der Waals surface area contributed by atoms with Crippen molar-refractivity contribution in [1.29, 1.82) is 0 Å². The van der Waals surface area contributed by atoms with Gasteiger partial charge in [-0.2, -0.15) is 0 Å². The first-order valence-corrected chi connectivity index (χ1v) is 11.8. The molecule has 0 aliphatic carbocycles. The summed E-state index contributed by atoms with van der Waals surface area (Å²) in [5.74, 6) is 7.24. The zero-order chi connectivity index (χ0) is 24.2. The van der Waals surface area contributed by atoms with Crippen molar-refractivity contribution < 1.29 is 9.90 Å². The van der Waals surface area contributed by atoms with Crippen LogP contribution in [-0.2, 0) is 4.79 Å². The highest BCUT2D eigenvalue weighted by atomic mass is 35.5. The van der Waals surface area contributed by atoms with Crippen LogP contribution in [0, 0.1) is 11.8 Å². The monoisotopic (exact) mass is 482 g/mol. The predicted octanol–water partition coefficient (Wildman–Crippen LogP) is 5.82. The van der Waals surface area contributed by atoms with Crippen LogP contribution < -0.4 is 4.90 Å². The van der Waals surface area contributed by atoms with E-state index in [1.165, 1.54) is 12.4 Å². The molecule has 0 spiro atoms. The first-order chi connectivity index (χ1) is 17.1. The average molecular weight is 483 g/mol. The van der Waals surface area contributed by atoms with Crippen molar-refractivity contribution in [2.24, 2.45) is 0 Å². The van der Waals surface area contributed by atoms with Crippen LogP contribution in [0.25, 0.3) is 10.9 Å². The van der Waals surface area contributed by atoms with Crippen LogP contribution >= 0.6 is 11.6 Å². The first kappa shape index (κ1) is 22.7. The second-order valence-corrected chi connectivity index (χ2v) is 8.72. The number of rotatable bonds is 4. The predicted molar refractivity (Wildman–Crippen MR) is 138 cm³/mol. The number of aromatic hydroxyl groups is 1. The SMILES string of the molecule is O=C1CCCCN1CC#Cc1ccc2ncnc(N(c3ccccc3)c3ccc(O)cc3Cl)c2c1. The molecule has 1 aromatic heterocycles. The van der Waals surface area contributed by atoms with Gasteiger partial charge in [0.1, 0.15) is 17.9 Å². The van der Waals surface area contributed by atoms with Crippen molar-refractivity contribution in [3.05, 3.63) is 83.6 Å². The van der Waals surface area contributed by atoms with Crippen LogP contribution in [0.2, 0.25) is 5.02 Å². The first-order valence-electron chi connectivity index (χ1n) is 11.5. The minimum atomic E-state index is 0.0871. The van der Waals surface area contributed by atoms with Gasteiger partial charge in [-0.25, -0.2) is 9.97 Å². The minimum Gasteiger partial charge on any atom is -0.508 e. The number of carbonyl (C=O) groups is 1. The Bertz CT molecular complexity index is 1450. The number of amides is 1. The zero-order valence-electron chi connectivity index (χ0n) is 19.0. The molecule has 5 rings (SSSR count). The number of hydrogen-bond acceptors (Lipinski definition) is 5. The molecule has 7 heteroatoms. The Kier molecular flexibility index (Phi) is 6.51. The number of carbonyl (C=O) groups excluding carboxylic acids is 1. The molecule has 3 aromatic carbocycles. The second kappa shape index (κ2) is 10.0. The van der Waals surface area contributed by atoms with E-state index in [1.54, 1.807) is 12.1 Å². The molecule has 0 unspecified atom stereocenters. The summed E-state index contributed by atoms with van der Waals surface area (Å²) in [4.78, 5) is 24.9. The van der Waals surface area contributed by atoms with E-state index >= 15 is 0 Å².